The van der Waals surface area contributed by atoms with Crippen molar-refractivity contribution in [3.63, 3.8) is 0 Å². The maximum atomic E-state index is 12.3. The largest absolute Gasteiger partial charge is 0.462 e. The Kier molecular flexibility index (Phi) is 4.52. The molecule has 1 heterocycles. The van der Waals surface area contributed by atoms with Crippen molar-refractivity contribution in [2.45, 2.75) is 19.8 Å². The van der Waals surface area contributed by atoms with Crippen LogP contribution in [0.3, 0.4) is 0 Å². The van der Waals surface area contributed by atoms with E-state index in [1.807, 2.05) is 0 Å². The van der Waals surface area contributed by atoms with Crippen LogP contribution in [0.4, 0.5) is 5.69 Å². The van der Waals surface area contributed by atoms with Crippen LogP contribution in [-0.4, -0.2) is 41.4 Å². The average Bonchev–Trinajstić information content (AvgIpc) is 3.00. The summed E-state index contributed by atoms with van der Waals surface area (Å²) in [6, 6.07) is 3.67. The van der Waals surface area contributed by atoms with Crippen molar-refractivity contribution < 1.29 is 19.2 Å². The zero-order valence-corrected chi connectivity index (χ0v) is 11.7. The van der Waals surface area contributed by atoms with E-state index < -0.39 is 10.9 Å². The van der Waals surface area contributed by atoms with Gasteiger partial charge in [0.15, 0.2) is 0 Å². The van der Waals surface area contributed by atoms with Crippen LogP contribution in [-0.2, 0) is 4.74 Å². The predicted octanol–water partition coefficient (Wildman–Crippen LogP) is 2.01. The highest BCUT2D eigenvalue weighted by molar-refractivity contribution is 5.99. The molecule has 1 aliphatic heterocycles. The Labute approximate surface area is 121 Å². The SMILES string of the molecule is CCOC(=O)c1cc(C(=O)N2CCCC2)cc([N+](=O)[O-])c1. The van der Waals surface area contributed by atoms with Crippen LogP contribution >= 0.6 is 0 Å². The highest BCUT2D eigenvalue weighted by Crippen LogP contribution is 2.21. The first-order valence-electron chi connectivity index (χ1n) is 6.79. The highest BCUT2D eigenvalue weighted by Gasteiger charge is 2.23. The molecule has 21 heavy (non-hydrogen) atoms. The highest BCUT2D eigenvalue weighted by atomic mass is 16.6. The van der Waals surface area contributed by atoms with E-state index in [9.17, 15) is 19.7 Å². The standard InChI is InChI=1S/C14H16N2O5/c1-2-21-14(18)11-7-10(8-12(9-11)16(19)20)13(17)15-5-3-4-6-15/h7-9H,2-6H2,1H3. The molecule has 2 rings (SSSR count). The number of non-ortho nitro benzene ring substituents is 1. The van der Waals surface area contributed by atoms with E-state index in [2.05, 4.69) is 0 Å². The van der Waals surface area contributed by atoms with Crippen molar-refractivity contribution >= 4 is 17.6 Å². The van der Waals surface area contributed by atoms with Crippen LogP contribution in [0.2, 0.25) is 0 Å². The van der Waals surface area contributed by atoms with E-state index >= 15 is 0 Å². The van der Waals surface area contributed by atoms with Gasteiger partial charge in [0.2, 0.25) is 0 Å². The summed E-state index contributed by atoms with van der Waals surface area (Å²) in [7, 11) is 0. The van der Waals surface area contributed by atoms with E-state index in [-0.39, 0.29) is 29.3 Å². The van der Waals surface area contributed by atoms with Crippen molar-refractivity contribution in [3.8, 4) is 0 Å². The van der Waals surface area contributed by atoms with Crippen LogP contribution in [0.15, 0.2) is 18.2 Å². The van der Waals surface area contributed by atoms with Gasteiger partial charge in [-0.05, 0) is 25.8 Å². The Bertz CT molecular complexity index is 579. The van der Waals surface area contributed by atoms with E-state index in [1.165, 1.54) is 12.1 Å². The molecule has 1 aromatic carbocycles. The zero-order chi connectivity index (χ0) is 15.4. The Hall–Kier alpha value is -2.44. The van der Waals surface area contributed by atoms with Crippen molar-refractivity contribution in [2.24, 2.45) is 0 Å². The number of likely N-dealkylation sites (tertiary alicyclic amines) is 1. The number of esters is 1. The third-order valence-corrected chi connectivity index (χ3v) is 3.28. The minimum absolute atomic E-state index is 0.0218. The molecule has 0 aliphatic carbocycles. The first kappa shape index (κ1) is 15.0. The smallest absolute Gasteiger partial charge is 0.338 e. The van der Waals surface area contributed by atoms with Crippen molar-refractivity contribution in [1.82, 2.24) is 4.90 Å². The lowest BCUT2D eigenvalue weighted by Gasteiger charge is -2.15. The Morgan fingerprint density at radius 3 is 2.43 bits per heavy atom. The van der Waals surface area contributed by atoms with Gasteiger partial charge in [0.1, 0.15) is 0 Å². The second kappa shape index (κ2) is 6.34. The van der Waals surface area contributed by atoms with Crippen LogP contribution in [0.1, 0.15) is 40.5 Å². The normalized spacial score (nSPS) is 14.0. The molecular weight excluding hydrogens is 276 g/mol. The van der Waals surface area contributed by atoms with Crippen molar-refractivity contribution in [1.29, 1.82) is 0 Å². The lowest BCUT2D eigenvalue weighted by Crippen LogP contribution is -2.27. The third-order valence-electron chi connectivity index (χ3n) is 3.28. The number of amides is 1. The molecule has 1 fully saturated rings. The minimum Gasteiger partial charge on any atom is -0.462 e. The number of benzene rings is 1. The number of ether oxygens (including phenoxy) is 1. The summed E-state index contributed by atoms with van der Waals surface area (Å²) in [5, 5.41) is 11.0. The fourth-order valence-electron chi connectivity index (χ4n) is 2.28. The molecule has 1 aliphatic rings. The first-order valence-corrected chi connectivity index (χ1v) is 6.79. The molecule has 0 bridgehead atoms. The Balaban J connectivity index is 2.37. The summed E-state index contributed by atoms with van der Waals surface area (Å²) in [5.74, 6) is -0.960. The molecule has 0 unspecified atom stereocenters. The molecule has 7 heteroatoms. The van der Waals surface area contributed by atoms with Crippen LogP contribution < -0.4 is 0 Å². The maximum absolute atomic E-state index is 12.3. The number of hydrogen-bond acceptors (Lipinski definition) is 5. The average molecular weight is 292 g/mol. The number of nitro benzene ring substituents is 1. The van der Waals surface area contributed by atoms with E-state index in [1.54, 1.807) is 11.8 Å². The van der Waals surface area contributed by atoms with E-state index in [0.717, 1.165) is 18.9 Å². The fraction of sp³-hybridized carbons (Fsp3) is 0.429. The molecule has 0 aromatic heterocycles. The molecule has 0 atom stereocenters. The van der Waals surface area contributed by atoms with Crippen molar-refractivity contribution in [3.05, 3.63) is 39.4 Å². The summed E-state index contributed by atoms with van der Waals surface area (Å²) in [4.78, 5) is 36.0. The van der Waals surface area contributed by atoms with Crippen LogP contribution in [0.5, 0.6) is 0 Å². The number of carbonyl (C=O) groups excluding carboxylic acids is 2. The lowest BCUT2D eigenvalue weighted by molar-refractivity contribution is -0.384. The second-order valence-corrected chi connectivity index (χ2v) is 4.75. The molecule has 1 amide bonds. The quantitative estimate of drug-likeness (QED) is 0.481. The monoisotopic (exact) mass is 292 g/mol. The molecule has 0 N–H and O–H groups in total. The summed E-state index contributed by atoms with van der Waals surface area (Å²) < 4.78 is 4.84. The van der Waals surface area contributed by atoms with Crippen molar-refractivity contribution in [2.75, 3.05) is 19.7 Å². The van der Waals surface area contributed by atoms with E-state index in [0.29, 0.717) is 13.1 Å². The van der Waals surface area contributed by atoms with Gasteiger partial charge in [-0.25, -0.2) is 4.79 Å². The second-order valence-electron chi connectivity index (χ2n) is 4.75. The summed E-state index contributed by atoms with van der Waals surface area (Å²) in [5.41, 5.74) is -0.120. The Morgan fingerprint density at radius 2 is 1.86 bits per heavy atom. The zero-order valence-electron chi connectivity index (χ0n) is 11.7. The molecule has 0 spiro atoms. The van der Waals surface area contributed by atoms with Crippen LogP contribution in [0.25, 0.3) is 0 Å². The minimum atomic E-state index is -0.670. The van der Waals surface area contributed by atoms with Gasteiger partial charge in [-0.1, -0.05) is 0 Å². The van der Waals surface area contributed by atoms with Gasteiger partial charge < -0.3 is 9.64 Å². The summed E-state index contributed by atoms with van der Waals surface area (Å²) in [6.45, 7) is 3.08. The maximum Gasteiger partial charge on any atom is 0.338 e. The van der Waals surface area contributed by atoms with Gasteiger partial charge in [0.25, 0.3) is 11.6 Å². The molecular formula is C14H16N2O5. The fourth-order valence-corrected chi connectivity index (χ4v) is 2.28. The summed E-state index contributed by atoms with van der Waals surface area (Å²) in [6.07, 6.45) is 1.84. The third kappa shape index (κ3) is 3.36. The number of nitro groups is 1. The molecule has 0 radical (unpaired) electrons. The number of hydrogen-bond donors (Lipinski definition) is 0. The lowest BCUT2D eigenvalue weighted by atomic mass is 10.1. The van der Waals surface area contributed by atoms with Gasteiger partial charge >= 0.3 is 5.97 Å². The Morgan fingerprint density at radius 1 is 1.24 bits per heavy atom. The van der Waals surface area contributed by atoms with Gasteiger partial charge in [0.05, 0.1) is 17.1 Å². The number of nitrogens with zero attached hydrogens (tertiary/aromatic N) is 2. The van der Waals surface area contributed by atoms with Gasteiger partial charge in [0, 0.05) is 30.8 Å². The number of rotatable bonds is 4. The number of carbonyl (C=O) groups is 2. The van der Waals surface area contributed by atoms with Gasteiger partial charge in [-0.15, -0.1) is 0 Å². The molecule has 0 saturated carbocycles. The predicted molar refractivity (Wildman–Crippen MR) is 74.2 cm³/mol. The molecule has 7 nitrogen and oxygen atoms in total. The molecule has 112 valence electrons. The first-order chi connectivity index (χ1) is 10.0. The topological polar surface area (TPSA) is 89.8 Å². The summed E-state index contributed by atoms with van der Waals surface area (Å²) >= 11 is 0. The van der Waals surface area contributed by atoms with Gasteiger partial charge in [-0.3, -0.25) is 14.9 Å². The molecule has 1 saturated heterocycles. The van der Waals surface area contributed by atoms with Crippen LogP contribution in [0, 0.1) is 10.1 Å². The molecule has 1 aromatic rings. The van der Waals surface area contributed by atoms with Gasteiger partial charge in [-0.2, -0.15) is 0 Å². The van der Waals surface area contributed by atoms with E-state index in [4.69, 9.17) is 4.74 Å².